The molecule has 88 valence electrons. The van der Waals surface area contributed by atoms with Crippen molar-refractivity contribution in [2.75, 3.05) is 7.11 Å². The first-order valence-electron chi connectivity index (χ1n) is 5.55. The van der Waals surface area contributed by atoms with Crippen LogP contribution in [0.15, 0.2) is 4.52 Å². The summed E-state index contributed by atoms with van der Waals surface area (Å²) >= 11 is 0. The second-order valence-electron chi connectivity index (χ2n) is 4.46. The monoisotopic (exact) mass is 224 g/mol. The Kier molecular flexibility index (Phi) is 3.05. The first kappa shape index (κ1) is 11.3. The van der Waals surface area contributed by atoms with E-state index in [0.717, 1.165) is 25.7 Å². The summed E-state index contributed by atoms with van der Waals surface area (Å²) in [6.07, 6.45) is 4.48. The molecular weight excluding hydrogens is 208 g/mol. The van der Waals surface area contributed by atoms with Gasteiger partial charge in [-0.15, -0.1) is 0 Å². The summed E-state index contributed by atoms with van der Waals surface area (Å²) in [6, 6.07) is 0. The molecule has 0 unspecified atom stereocenters. The van der Waals surface area contributed by atoms with E-state index >= 15 is 0 Å². The predicted octanol–water partition coefficient (Wildman–Crippen LogP) is 1.93. The van der Waals surface area contributed by atoms with E-state index in [-0.39, 0.29) is 5.89 Å². The number of rotatable bonds is 3. The molecule has 0 N–H and O–H groups in total. The molecule has 0 amide bonds. The Morgan fingerprint density at radius 2 is 2.19 bits per heavy atom. The summed E-state index contributed by atoms with van der Waals surface area (Å²) in [5.41, 5.74) is -0.461. The van der Waals surface area contributed by atoms with Crippen molar-refractivity contribution in [1.82, 2.24) is 10.1 Å². The average Bonchev–Trinajstić information content (AvgIpc) is 2.80. The van der Waals surface area contributed by atoms with Crippen LogP contribution in [0.2, 0.25) is 0 Å². The van der Waals surface area contributed by atoms with Gasteiger partial charge in [-0.1, -0.05) is 12.1 Å². The van der Waals surface area contributed by atoms with E-state index < -0.39 is 5.60 Å². The van der Waals surface area contributed by atoms with Crippen molar-refractivity contribution in [3.63, 3.8) is 0 Å². The van der Waals surface area contributed by atoms with Crippen LogP contribution >= 0.6 is 0 Å². The third-order valence-corrected chi connectivity index (χ3v) is 3.42. The lowest BCUT2D eigenvalue weighted by Gasteiger charge is -2.35. The molecule has 1 heterocycles. The van der Waals surface area contributed by atoms with Gasteiger partial charge < -0.3 is 9.26 Å². The number of carbonyl (C=O) groups excluding carboxylic acids is 1. The zero-order valence-corrected chi connectivity index (χ0v) is 9.60. The molecule has 16 heavy (non-hydrogen) atoms. The van der Waals surface area contributed by atoms with Crippen LogP contribution in [0.1, 0.15) is 49.1 Å². The van der Waals surface area contributed by atoms with E-state index in [9.17, 15) is 4.79 Å². The van der Waals surface area contributed by atoms with E-state index in [1.54, 1.807) is 7.11 Å². The molecule has 0 aromatic carbocycles. The molecule has 1 aliphatic rings. The Labute approximate surface area is 94.2 Å². The molecule has 2 rings (SSSR count). The van der Waals surface area contributed by atoms with Crippen LogP contribution < -0.4 is 0 Å². The van der Waals surface area contributed by atoms with Gasteiger partial charge in [-0.05, 0) is 31.6 Å². The Morgan fingerprint density at radius 3 is 2.69 bits per heavy atom. The highest BCUT2D eigenvalue weighted by Crippen LogP contribution is 2.40. The SMILES string of the molecule is COC1(c2noc(C=O)n2)CCC(C)CC1. The number of nitrogens with zero attached hydrogens (tertiary/aromatic N) is 2. The predicted molar refractivity (Wildman–Crippen MR) is 56.0 cm³/mol. The maximum Gasteiger partial charge on any atom is 0.290 e. The molecule has 0 atom stereocenters. The van der Waals surface area contributed by atoms with E-state index in [1.807, 2.05) is 0 Å². The fourth-order valence-electron chi connectivity index (χ4n) is 2.22. The molecule has 1 fully saturated rings. The fourth-order valence-corrected chi connectivity index (χ4v) is 2.22. The van der Waals surface area contributed by atoms with Gasteiger partial charge in [0.05, 0.1) is 0 Å². The number of methoxy groups -OCH3 is 1. The summed E-state index contributed by atoms with van der Waals surface area (Å²) in [4.78, 5) is 14.6. The van der Waals surface area contributed by atoms with E-state index in [0.29, 0.717) is 18.0 Å². The minimum Gasteiger partial charge on any atom is -0.370 e. The van der Waals surface area contributed by atoms with Gasteiger partial charge in [0.25, 0.3) is 5.89 Å². The zero-order valence-electron chi connectivity index (χ0n) is 9.60. The van der Waals surface area contributed by atoms with Crippen molar-refractivity contribution in [2.45, 2.75) is 38.2 Å². The first-order valence-corrected chi connectivity index (χ1v) is 5.55. The smallest absolute Gasteiger partial charge is 0.290 e. The summed E-state index contributed by atoms with van der Waals surface area (Å²) in [5, 5.41) is 3.84. The highest BCUT2D eigenvalue weighted by Gasteiger charge is 2.40. The molecule has 0 bridgehead atoms. The zero-order chi connectivity index (χ0) is 11.6. The molecule has 0 spiro atoms. The average molecular weight is 224 g/mol. The quantitative estimate of drug-likeness (QED) is 0.734. The third-order valence-electron chi connectivity index (χ3n) is 3.42. The van der Waals surface area contributed by atoms with Crippen LogP contribution in [-0.4, -0.2) is 23.5 Å². The van der Waals surface area contributed by atoms with E-state index in [2.05, 4.69) is 17.1 Å². The van der Waals surface area contributed by atoms with Crippen molar-refractivity contribution in [3.05, 3.63) is 11.7 Å². The molecule has 0 saturated heterocycles. The van der Waals surface area contributed by atoms with Crippen LogP contribution in [0.5, 0.6) is 0 Å². The summed E-state index contributed by atoms with van der Waals surface area (Å²) in [5.74, 6) is 1.23. The topological polar surface area (TPSA) is 65.2 Å². The molecule has 1 aliphatic carbocycles. The molecule has 5 nitrogen and oxygen atoms in total. The standard InChI is InChI=1S/C11H16N2O3/c1-8-3-5-11(15-2,6-4-8)10-12-9(7-14)16-13-10/h7-8H,3-6H2,1-2H3. The van der Waals surface area contributed by atoms with Crippen LogP contribution in [-0.2, 0) is 10.3 Å². The van der Waals surface area contributed by atoms with Gasteiger partial charge in [0, 0.05) is 7.11 Å². The Morgan fingerprint density at radius 1 is 1.50 bits per heavy atom. The molecule has 5 heteroatoms. The third kappa shape index (κ3) is 1.87. The number of carbonyl (C=O) groups is 1. The number of ether oxygens (including phenoxy) is 1. The van der Waals surface area contributed by atoms with Crippen LogP contribution in [0.4, 0.5) is 0 Å². The molecular formula is C11H16N2O3. The second kappa shape index (κ2) is 4.33. The van der Waals surface area contributed by atoms with Gasteiger partial charge in [-0.2, -0.15) is 4.98 Å². The van der Waals surface area contributed by atoms with Gasteiger partial charge in [0.1, 0.15) is 5.60 Å². The molecule has 1 aromatic heterocycles. The maximum absolute atomic E-state index is 10.5. The Balaban J connectivity index is 2.23. The summed E-state index contributed by atoms with van der Waals surface area (Å²) in [7, 11) is 1.66. The first-order chi connectivity index (χ1) is 7.70. The number of aromatic nitrogens is 2. The highest BCUT2D eigenvalue weighted by molar-refractivity contribution is 5.67. The van der Waals surface area contributed by atoms with E-state index in [1.165, 1.54) is 0 Å². The van der Waals surface area contributed by atoms with Crippen molar-refractivity contribution >= 4 is 6.29 Å². The van der Waals surface area contributed by atoms with Gasteiger partial charge in [0.2, 0.25) is 12.1 Å². The van der Waals surface area contributed by atoms with Crippen LogP contribution in [0.25, 0.3) is 0 Å². The van der Waals surface area contributed by atoms with E-state index in [4.69, 9.17) is 9.26 Å². The second-order valence-corrected chi connectivity index (χ2v) is 4.46. The summed E-state index contributed by atoms with van der Waals surface area (Å²) in [6.45, 7) is 2.23. The van der Waals surface area contributed by atoms with Crippen molar-refractivity contribution in [1.29, 1.82) is 0 Å². The lowest BCUT2D eigenvalue weighted by Crippen LogP contribution is -2.34. The van der Waals surface area contributed by atoms with Gasteiger partial charge in [0.15, 0.2) is 0 Å². The fraction of sp³-hybridized carbons (Fsp3) is 0.727. The highest BCUT2D eigenvalue weighted by atomic mass is 16.5. The number of hydrogen-bond donors (Lipinski definition) is 0. The van der Waals surface area contributed by atoms with Crippen LogP contribution in [0, 0.1) is 5.92 Å². The van der Waals surface area contributed by atoms with Gasteiger partial charge in [-0.3, -0.25) is 4.79 Å². The van der Waals surface area contributed by atoms with Gasteiger partial charge in [-0.25, -0.2) is 0 Å². The molecule has 0 radical (unpaired) electrons. The largest absolute Gasteiger partial charge is 0.370 e. The minimum absolute atomic E-state index is 0.0186. The van der Waals surface area contributed by atoms with Crippen molar-refractivity contribution in [2.24, 2.45) is 5.92 Å². The van der Waals surface area contributed by atoms with Crippen molar-refractivity contribution in [3.8, 4) is 0 Å². The van der Waals surface area contributed by atoms with Crippen molar-refractivity contribution < 1.29 is 14.1 Å². The minimum atomic E-state index is -0.461. The molecule has 1 saturated carbocycles. The Bertz CT molecular complexity index is 367. The maximum atomic E-state index is 10.5. The Hall–Kier alpha value is -1.23. The molecule has 1 aromatic rings. The number of aldehydes is 1. The normalized spacial score (nSPS) is 30.2. The van der Waals surface area contributed by atoms with Gasteiger partial charge >= 0.3 is 0 Å². The summed E-state index contributed by atoms with van der Waals surface area (Å²) < 4.78 is 10.4. The lowest BCUT2D eigenvalue weighted by atomic mass is 9.79. The van der Waals surface area contributed by atoms with Crippen LogP contribution in [0.3, 0.4) is 0 Å². The molecule has 0 aliphatic heterocycles. The lowest BCUT2D eigenvalue weighted by molar-refractivity contribution is -0.0609. The number of hydrogen-bond acceptors (Lipinski definition) is 5.